The number of hydrogen-bond donors (Lipinski definition) is 2. The van der Waals surface area contributed by atoms with Crippen LogP contribution in [0.25, 0.3) is 0 Å². The summed E-state index contributed by atoms with van der Waals surface area (Å²) in [7, 11) is 1.75. The Morgan fingerprint density at radius 3 is 3.13 bits per heavy atom. The van der Waals surface area contributed by atoms with E-state index in [2.05, 4.69) is 25.9 Å². The van der Waals surface area contributed by atoms with Gasteiger partial charge in [0.15, 0.2) is 5.69 Å². The fraction of sp³-hybridized carbons (Fsp3) is 0.467. The Morgan fingerprint density at radius 2 is 2.43 bits per heavy atom. The van der Waals surface area contributed by atoms with Crippen molar-refractivity contribution in [3.05, 3.63) is 35.4 Å². The van der Waals surface area contributed by atoms with Crippen LogP contribution < -0.4 is 15.4 Å². The Labute approximate surface area is 134 Å². The van der Waals surface area contributed by atoms with Crippen LogP contribution in [0.5, 0.6) is 5.75 Å². The molecule has 0 saturated carbocycles. The maximum Gasteiger partial charge on any atom is 0.274 e. The molecule has 0 radical (unpaired) electrons. The van der Waals surface area contributed by atoms with Crippen molar-refractivity contribution in [3.8, 4) is 5.75 Å². The normalized spacial score (nSPS) is 17.2. The highest BCUT2D eigenvalue weighted by molar-refractivity contribution is 5.93. The molecule has 1 atom stereocenters. The molecule has 8 heteroatoms. The number of aromatic nitrogens is 4. The molecule has 0 bridgehead atoms. The Kier molecular flexibility index (Phi) is 4.52. The van der Waals surface area contributed by atoms with E-state index in [1.54, 1.807) is 24.9 Å². The Hall–Kier alpha value is -2.48. The van der Waals surface area contributed by atoms with Gasteiger partial charge in [-0.2, -0.15) is 0 Å². The van der Waals surface area contributed by atoms with Gasteiger partial charge < -0.3 is 15.4 Å². The lowest BCUT2D eigenvalue weighted by molar-refractivity contribution is 0.0944. The summed E-state index contributed by atoms with van der Waals surface area (Å²) in [5.41, 5.74) is 1.79. The zero-order chi connectivity index (χ0) is 16.2. The van der Waals surface area contributed by atoms with Gasteiger partial charge in [-0.1, -0.05) is 5.21 Å². The number of amides is 1. The van der Waals surface area contributed by atoms with Crippen molar-refractivity contribution in [2.45, 2.75) is 26.0 Å². The van der Waals surface area contributed by atoms with E-state index in [1.165, 1.54) is 0 Å². The van der Waals surface area contributed by atoms with E-state index in [-0.39, 0.29) is 12.0 Å². The van der Waals surface area contributed by atoms with Crippen LogP contribution in [0.3, 0.4) is 0 Å². The van der Waals surface area contributed by atoms with Crippen LogP contribution in [0.2, 0.25) is 0 Å². The summed E-state index contributed by atoms with van der Waals surface area (Å²) in [6, 6.07) is 3.68. The van der Waals surface area contributed by atoms with Crippen molar-refractivity contribution in [2.75, 3.05) is 13.1 Å². The molecule has 1 amide bonds. The molecule has 8 nitrogen and oxygen atoms in total. The van der Waals surface area contributed by atoms with Crippen LogP contribution in [0.15, 0.2) is 18.3 Å². The number of hydrogen-bond acceptors (Lipinski definition) is 6. The number of aryl methyl sites for hydroxylation is 1. The van der Waals surface area contributed by atoms with Crippen LogP contribution >= 0.6 is 0 Å². The highest BCUT2D eigenvalue weighted by Gasteiger charge is 2.17. The number of carbonyl (C=O) groups is 1. The second-order valence-corrected chi connectivity index (χ2v) is 5.55. The summed E-state index contributed by atoms with van der Waals surface area (Å²) in [4.78, 5) is 16.4. The molecule has 2 aromatic heterocycles. The zero-order valence-electron chi connectivity index (χ0n) is 13.2. The van der Waals surface area contributed by atoms with Gasteiger partial charge in [-0.15, -0.1) is 5.10 Å². The van der Waals surface area contributed by atoms with Crippen LogP contribution in [-0.2, 0) is 13.6 Å². The van der Waals surface area contributed by atoms with Gasteiger partial charge in [0.1, 0.15) is 11.9 Å². The Balaban J connectivity index is 1.59. The van der Waals surface area contributed by atoms with E-state index in [0.717, 1.165) is 36.6 Å². The first-order chi connectivity index (χ1) is 11.1. The third kappa shape index (κ3) is 3.65. The molecule has 23 heavy (non-hydrogen) atoms. The fourth-order valence-electron chi connectivity index (χ4n) is 2.42. The first-order valence-corrected chi connectivity index (χ1v) is 7.60. The van der Waals surface area contributed by atoms with Crippen LogP contribution in [0.1, 0.15) is 28.3 Å². The summed E-state index contributed by atoms with van der Waals surface area (Å²) in [6.45, 7) is 3.96. The average Bonchev–Trinajstić information content (AvgIpc) is 3.17. The molecule has 2 N–H and O–H groups in total. The van der Waals surface area contributed by atoms with Gasteiger partial charge >= 0.3 is 0 Å². The molecule has 3 rings (SSSR count). The number of nitrogens with one attached hydrogen (secondary N) is 2. The van der Waals surface area contributed by atoms with Crippen molar-refractivity contribution < 1.29 is 9.53 Å². The summed E-state index contributed by atoms with van der Waals surface area (Å²) in [5, 5.41) is 13.8. The first kappa shape index (κ1) is 15.4. The maximum atomic E-state index is 12.1. The highest BCUT2D eigenvalue weighted by Crippen LogP contribution is 2.15. The van der Waals surface area contributed by atoms with Crippen molar-refractivity contribution in [1.82, 2.24) is 30.6 Å². The predicted octanol–water partition coefficient (Wildman–Crippen LogP) is 0.189. The maximum absolute atomic E-state index is 12.1. The Morgan fingerprint density at radius 1 is 1.57 bits per heavy atom. The second kappa shape index (κ2) is 6.74. The molecule has 122 valence electrons. The summed E-state index contributed by atoms with van der Waals surface area (Å²) < 4.78 is 7.46. The molecule has 0 aliphatic carbocycles. The molecule has 2 aromatic rings. The van der Waals surface area contributed by atoms with Crippen LogP contribution in [0, 0.1) is 6.92 Å². The quantitative estimate of drug-likeness (QED) is 0.818. The number of pyridine rings is 1. The molecule has 0 spiro atoms. The largest absolute Gasteiger partial charge is 0.489 e. The molecule has 1 unspecified atom stereocenters. The average molecular weight is 316 g/mol. The summed E-state index contributed by atoms with van der Waals surface area (Å²) in [6.07, 6.45) is 2.88. The molecular formula is C15H20N6O2. The van der Waals surface area contributed by atoms with E-state index < -0.39 is 0 Å². The van der Waals surface area contributed by atoms with Gasteiger partial charge in [0.25, 0.3) is 5.91 Å². The molecule has 1 aliphatic rings. The summed E-state index contributed by atoms with van der Waals surface area (Å²) in [5.74, 6) is 0.511. The number of carbonyl (C=O) groups excluding carboxylic acids is 1. The predicted molar refractivity (Wildman–Crippen MR) is 83.0 cm³/mol. The molecule has 1 saturated heterocycles. The van der Waals surface area contributed by atoms with E-state index in [1.807, 2.05) is 12.1 Å². The van der Waals surface area contributed by atoms with Crippen molar-refractivity contribution in [1.29, 1.82) is 0 Å². The highest BCUT2D eigenvalue weighted by atomic mass is 16.5. The lowest BCUT2D eigenvalue weighted by Gasteiger charge is -2.13. The third-order valence-corrected chi connectivity index (χ3v) is 3.86. The molecule has 1 aliphatic heterocycles. The lowest BCUT2D eigenvalue weighted by atomic mass is 10.3. The Bertz CT molecular complexity index is 693. The van der Waals surface area contributed by atoms with Gasteiger partial charge in [-0.25, -0.2) is 0 Å². The molecule has 0 aromatic carbocycles. The minimum Gasteiger partial charge on any atom is -0.489 e. The van der Waals surface area contributed by atoms with Gasteiger partial charge in [0.2, 0.25) is 0 Å². The lowest BCUT2D eigenvalue weighted by Crippen LogP contribution is -2.24. The van der Waals surface area contributed by atoms with E-state index >= 15 is 0 Å². The van der Waals surface area contributed by atoms with Crippen molar-refractivity contribution in [2.24, 2.45) is 7.05 Å². The van der Waals surface area contributed by atoms with Crippen LogP contribution in [0.4, 0.5) is 0 Å². The van der Waals surface area contributed by atoms with Crippen LogP contribution in [-0.4, -0.2) is 45.1 Å². The smallest absolute Gasteiger partial charge is 0.274 e. The second-order valence-electron chi connectivity index (χ2n) is 5.55. The number of rotatable bonds is 5. The van der Waals surface area contributed by atoms with Crippen molar-refractivity contribution >= 4 is 5.91 Å². The topological polar surface area (TPSA) is 94.0 Å². The van der Waals surface area contributed by atoms with Gasteiger partial charge in [-0.3, -0.25) is 14.5 Å². The number of nitrogens with zero attached hydrogens (tertiary/aromatic N) is 4. The zero-order valence-corrected chi connectivity index (χ0v) is 13.2. The minimum absolute atomic E-state index is 0.196. The first-order valence-electron chi connectivity index (χ1n) is 7.60. The molecule has 1 fully saturated rings. The van der Waals surface area contributed by atoms with Gasteiger partial charge in [-0.05, 0) is 26.0 Å². The van der Waals surface area contributed by atoms with E-state index in [0.29, 0.717) is 12.2 Å². The van der Waals surface area contributed by atoms with E-state index in [9.17, 15) is 4.79 Å². The SMILES string of the molecule is Cc1c(C(=O)NCc2cc(OC3CCNC3)ccn2)nnn1C. The monoisotopic (exact) mass is 316 g/mol. The standard InChI is InChI=1S/C15H20N6O2/c1-10-14(19-20-21(10)2)15(22)18-8-11-7-12(4-6-17-11)23-13-3-5-16-9-13/h4,6-7,13,16H,3,5,8-9H2,1-2H3,(H,18,22). The third-order valence-electron chi connectivity index (χ3n) is 3.86. The molecular weight excluding hydrogens is 296 g/mol. The van der Waals surface area contributed by atoms with Crippen molar-refractivity contribution in [3.63, 3.8) is 0 Å². The number of ether oxygens (including phenoxy) is 1. The molecule has 3 heterocycles. The van der Waals surface area contributed by atoms with Gasteiger partial charge in [0, 0.05) is 25.9 Å². The fourth-order valence-corrected chi connectivity index (χ4v) is 2.42. The minimum atomic E-state index is -0.260. The van der Waals surface area contributed by atoms with Gasteiger partial charge in [0.05, 0.1) is 17.9 Å². The summed E-state index contributed by atoms with van der Waals surface area (Å²) >= 11 is 0. The van der Waals surface area contributed by atoms with E-state index in [4.69, 9.17) is 4.74 Å².